The highest BCUT2D eigenvalue weighted by Crippen LogP contribution is 1.98. The summed E-state index contributed by atoms with van der Waals surface area (Å²) in [6.45, 7) is 10.2. The van der Waals surface area contributed by atoms with Crippen LogP contribution in [-0.4, -0.2) is 62.3 Å². The lowest BCUT2D eigenvalue weighted by Crippen LogP contribution is -2.37. The van der Waals surface area contributed by atoms with E-state index in [1.165, 1.54) is 0 Å². The third-order valence-corrected chi connectivity index (χ3v) is 2.58. The van der Waals surface area contributed by atoms with Crippen molar-refractivity contribution in [1.29, 1.82) is 0 Å². The van der Waals surface area contributed by atoms with Crippen molar-refractivity contribution in [3.8, 4) is 0 Å². The Bertz CT molecular complexity index is 206. The van der Waals surface area contributed by atoms with Crippen molar-refractivity contribution < 1.29 is 4.74 Å². The predicted octanol–water partition coefficient (Wildman–Crippen LogP) is 0.720. The second-order valence-corrected chi connectivity index (χ2v) is 4.48. The lowest BCUT2D eigenvalue weighted by molar-refractivity contribution is 0.0806. The Balaban J connectivity index is 1.93. The average Bonchev–Trinajstić information content (AvgIpc) is 2.25. The number of hydrogen-bond donors (Lipinski definition) is 1. The molecule has 0 bridgehead atoms. The van der Waals surface area contributed by atoms with Crippen LogP contribution in [0.1, 0.15) is 13.8 Å². The fourth-order valence-corrected chi connectivity index (χ4v) is 1.54. The largest absolute Gasteiger partial charge is 0.377 e. The first-order valence-corrected chi connectivity index (χ1v) is 6.13. The third-order valence-electron chi connectivity index (χ3n) is 2.58. The molecule has 0 aromatic carbocycles. The summed E-state index contributed by atoms with van der Waals surface area (Å²) in [5.74, 6) is 0. The number of nitrogens with one attached hydrogen (secondary N) is 1. The van der Waals surface area contributed by atoms with Gasteiger partial charge in [0.25, 0.3) is 0 Å². The SMILES string of the molecule is CC(C)OCCNCCN1C=CN(C)CC1. The molecular weight excluding hydrogens is 202 g/mol. The molecule has 1 heterocycles. The molecule has 0 unspecified atom stereocenters. The Morgan fingerprint density at radius 2 is 2.06 bits per heavy atom. The highest BCUT2D eigenvalue weighted by Gasteiger charge is 2.05. The van der Waals surface area contributed by atoms with E-state index < -0.39 is 0 Å². The number of hydrogen-bond acceptors (Lipinski definition) is 4. The van der Waals surface area contributed by atoms with Crippen LogP contribution in [0.5, 0.6) is 0 Å². The van der Waals surface area contributed by atoms with Gasteiger partial charge in [-0.25, -0.2) is 0 Å². The molecule has 4 heteroatoms. The van der Waals surface area contributed by atoms with Crippen molar-refractivity contribution in [1.82, 2.24) is 15.1 Å². The van der Waals surface area contributed by atoms with Gasteiger partial charge in [0.2, 0.25) is 0 Å². The summed E-state index contributed by atoms with van der Waals surface area (Å²) < 4.78 is 5.45. The van der Waals surface area contributed by atoms with E-state index in [0.29, 0.717) is 6.10 Å². The summed E-state index contributed by atoms with van der Waals surface area (Å²) in [7, 11) is 2.11. The molecule has 0 saturated heterocycles. The van der Waals surface area contributed by atoms with Crippen molar-refractivity contribution in [3.05, 3.63) is 12.4 Å². The van der Waals surface area contributed by atoms with Crippen LogP contribution in [0.15, 0.2) is 12.4 Å². The minimum atomic E-state index is 0.336. The zero-order valence-corrected chi connectivity index (χ0v) is 10.8. The van der Waals surface area contributed by atoms with Crippen LogP contribution in [0.25, 0.3) is 0 Å². The smallest absolute Gasteiger partial charge is 0.0594 e. The van der Waals surface area contributed by atoms with Gasteiger partial charge in [0.05, 0.1) is 12.7 Å². The van der Waals surface area contributed by atoms with E-state index in [1.807, 2.05) is 0 Å². The molecule has 1 rings (SSSR count). The summed E-state index contributed by atoms with van der Waals surface area (Å²) >= 11 is 0. The maximum absolute atomic E-state index is 5.45. The molecule has 4 nitrogen and oxygen atoms in total. The van der Waals surface area contributed by atoms with Crippen molar-refractivity contribution >= 4 is 0 Å². The molecule has 0 spiro atoms. The van der Waals surface area contributed by atoms with Crippen LogP contribution in [0.3, 0.4) is 0 Å². The zero-order valence-electron chi connectivity index (χ0n) is 10.8. The van der Waals surface area contributed by atoms with E-state index in [2.05, 4.69) is 48.4 Å². The van der Waals surface area contributed by atoms with Gasteiger partial charge in [0.1, 0.15) is 0 Å². The van der Waals surface area contributed by atoms with Crippen molar-refractivity contribution in [2.45, 2.75) is 20.0 Å². The first-order chi connectivity index (χ1) is 7.68. The monoisotopic (exact) mass is 227 g/mol. The first-order valence-electron chi connectivity index (χ1n) is 6.13. The van der Waals surface area contributed by atoms with Gasteiger partial charge >= 0.3 is 0 Å². The van der Waals surface area contributed by atoms with E-state index in [4.69, 9.17) is 4.74 Å². The molecule has 0 aromatic heterocycles. The molecule has 94 valence electrons. The van der Waals surface area contributed by atoms with Crippen LogP contribution in [-0.2, 0) is 4.74 Å². The van der Waals surface area contributed by atoms with Gasteiger partial charge in [-0.3, -0.25) is 0 Å². The minimum absolute atomic E-state index is 0.336. The molecule has 0 saturated carbocycles. The molecule has 1 N–H and O–H groups in total. The second kappa shape index (κ2) is 7.52. The zero-order chi connectivity index (χ0) is 11.8. The summed E-state index contributed by atoms with van der Waals surface area (Å²) in [5.41, 5.74) is 0. The molecule has 0 aliphatic carbocycles. The lowest BCUT2D eigenvalue weighted by Gasteiger charge is -2.28. The molecule has 1 aliphatic heterocycles. The molecule has 0 radical (unpaired) electrons. The summed E-state index contributed by atoms with van der Waals surface area (Å²) in [6.07, 6.45) is 4.63. The fraction of sp³-hybridized carbons (Fsp3) is 0.833. The van der Waals surface area contributed by atoms with Gasteiger partial charge in [0, 0.05) is 52.2 Å². The number of nitrogens with zero attached hydrogens (tertiary/aromatic N) is 2. The summed E-state index contributed by atoms with van der Waals surface area (Å²) in [4.78, 5) is 4.55. The molecule has 0 fully saturated rings. The molecule has 1 aliphatic rings. The van der Waals surface area contributed by atoms with Crippen molar-refractivity contribution in [2.24, 2.45) is 0 Å². The predicted molar refractivity (Wildman–Crippen MR) is 67.3 cm³/mol. The maximum Gasteiger partial charge on any atom is 0.0594 e. The second-order valence-electron chi connectivity index (χ2n) is 4.48. The maximum atomic E-state index is 5.45. The van der Waals surface area contributed by atoms with E-state index in [9.17, 15) is 0 Å². The Morgan fingerprint density at radius 1 is 1.25 bits per heavy atom. The van der Waals surface area contributed by atoms with Crippen LogP contribution >= 0.6 is 0 Å². The fourth-order valence-electron chi connectivity index (χ4n) is 1.54. The quantitative estimate of drug-likeness (QED) is 0.649. The molecule has 0 atom stereocenters. The Labute approximate surface area is 99.2 Å². The highest BCUT2D eigenvalue weighted by atomic mass is 16.5. The van der Waals surface area contributed by atoms with Gasteiger partial charge in [-0.1, -0.05) is 0 Å². The van der Waals surface area contributed by atoms with Gasteiger partial charge in [-0.15, -0.1) is 0 Å². The van der Waals surface area contributed by atoms with Crippen LogP contribution in [0.4, 0.5) is 0 Å². The third kappa shape index (κ3) is 5.98. The molecular formula is C12H25N3O. The van der Waals surface area contributed by atoms with E-state index in [1.54, 1.807) is 0 Å². The van der Waals surface area contributed by atoms with Gasteiger partial charge in [0.15, 0.2) is 0 Å². The normalized spacial score (nSPS) is 16.2. The van der Waals surface area contributed by atoms with Crippen molar-refractivity contribution in [3.63, 3.8) is 0 Å². The number of rotatable bonds is 7. The Kier molecular flexibility index (Phi) is 6.26. The van der Waals surface area contributed by atoms with Crippen molar-refractivity contribution in [2.75, 3.05) is 46.4 Å². The van der Waals surface area contributed by atoms with Gasteiger partial charge < -0.3 is 19.9 Å². The minimum Gasteiger partial charge on any atom is -0.377 e. The van der Waals surface area contributed by atoms with Crippen LogP contribution < -0.4 is 5.32 Å². The number of ether oxygens (including phenoxy) is 1. The molecule has 16 heavy (non-hydrogen) atoms. The van der Waals surface area contributed by atoms with Crippen LogP contribution in [0, 0.1) is 0 Å². The standard InChI is InChI=1S/C12H25N3O/c1-12(2)16-11-5-13-4-6-15-9-7-14(3)8-10-15/h7,9,12-13H,4-6,8,10-11H2,1-3H3. The van der Waals surface area contributed by atoms with Gasteiger partial charge in [-0.05, 0) is 13.8 Å². The lowest BCUT2D eigenvalue weighted by atomic mass is 10.4. The van der Waals surface area contributed by atoms with E-state index in [0.717, 1.165) is 39.3 Å². The highest BCUT2D eigenvalue weighted by molar-refractivity contribution is 4.87. The molecule has 0 amide bonds. The van der Waals surface area contributed by atoms with Crippen LogP contribution in [0.2, 0.25) is 0 Å². The first kappa shape index (κ1) is 13.3. The van der Waals surface area contributed by atoms with Gasteiger partial charge in [-0.2, -0.15) is 0 Å². The molecule has 0 aromatic rings. The summed E-state index contributed by atoms with van der Waals surface area (Å²) in [5, 5.41) is 3.39. The summed E-state index contributed by atoms with van der Waals surface area (Å²) in [6, 6.07) is 0. The Morgan fingerprint density at radius 3 is 2.69 bits per heavy atom. The Hall–Kier alpha value is -0.740. The van der Waals surface area contributed by atoms with E-state index >= 15 is 0 Å². The topological polar surface area (TPSA) is 27.7 Å². The number of likely N-dealkylation sites (N-methyl/N-ethyl adjacent to an activating group) is 1. The van der Waals surface area contributed by atoms with E-state index in [-0.39, 0.29) is 0 Å². The average molecular weight is 227 g/mol.